The predicted molar refractivity (Wildman–Crippen MR) is 209 cm³/mol. The van der Waals surface area contributed by atoms with Gasteiger partial charge in [-0.3, -0.25) is 4.79 Å². The van der Waals surface area contributed by atoms with Crippen LogP contribution < -0.4 is 0 Å². The highest BCUT2D eigenvalue weighted by atomic mass is 16.8. The van der Waals surface area contributed by atoms with Gasteiger partial charge in [0.15, 0.2) is 12.6 Å². The maximum absolute atomic E-state index is 12.2. The zero-order valence-electron chi connectivity index (χ0n) is 35.8. The molecule has 6 aliphatic rings. The minimum Gasteiger partial charge on any atom is -0.463 e. The molecule has 4 saturated carbocycles. The Balaban J connectivity index is 1.21. The van der Waals surface area contributed by atoms with Crippen LogP contribution in [-0.2, 0) is 28.5 Å². The Labute approximate surface area is 339 Å². The lowest BCUT2D eigenvalue weighted by atomic mass is 9.35. The summed E-state index contributed by atoms with van der Waals surface area (Å²) in [5.41, 5.74) is 0.952. The normalized spacial score (nSPS) is 49.9. The third-order valence-electron chi connectivity index (χ3n) is 16.8. The smallest absolute Gasteiger partial charge is 0.302 e. The minimum atomic E-state index is -1.77. The average Bonchev–Trinajstić information content (AvgIpc) is 3.52. The maximum atomic E-state index is 12.2. The molecule has 0 aromatic carbocycles. The fourth-order valence-corrected chi connectivity index (χ4v) is 13.5. The molecule has 13 nitrogen and oxygen atoms in total. The number of carbonyl (C=O) groups is 1. The number of carbonyl (C=O) groups excluding carboxylic acids is 1. The molecule has 0 radical (unpaired) electrons. The molecular weight excluding hydrogens is 736 g/mol. The Morgan fingerprint density at radius 3 is 2.07 bits per heavy atom. The lowest BCUT2D eigenvalue weighted by Gasteiger charge is -2.70. The number of fused-ring (bicyclic) bond motifs is 5. The molecule has 2 aliphatic heterocycles. The van der Waals surface area contributed by atoms with E-state index in [9.17, 15) is 40.5 Å². The van der Waals surface area contributed by atoms with Crippen LogP contribution in [0.15, 0.2) is 11.6 Å². The number of hydrogen-bond donors (Lipinski definition) is 7. The molecule has 13 heteroatoms. The van der Waals surface area contributed by atoms with Gasteiger partial charge in [0, 0.05) is 6.92 Å². The Bertz CT molecular complexity index is 1440. The van der Waals surface area contributed by atoms with Crippen molar-refractivity contribution < 1.29 is 64.2 Å². The van der Waals surface area contributed by atoms with E-state index >= 15 is 0 Å². The zero-order valence-corrected chi connectivity index (χ0v) is 35.8. The quantitative estimate of drug-likeness (QED) is 0.0907. The number of esters is 1. The van der Waals surface area contributed by atoms with Gasteiger partial charge in [-0.2, -0.15) is 0 Å². The van der Waals surface area contributed by atoms with Crippen molar-refractivity contribution >= 4 is 5.97 Å². The Kier molecular flexibility index (Phi) is 13.4. The van der Waals surface area contributed by atoms with E-state index in [1.165, 1.54) is 12.5 Å². The number of aliphatic hydroxyl groups is 7. The van der Waals surface area contributed by atoms with E-state index in [2.05, 4.69) is 61.5 Å². The van der Waals surface area contributed by atoms with Crippen molar-refractivity contribution in [1.29, 1.82) is 0 Å². The first-order valence-electron chi connectivity index (χ1n) is 21.7. The summed E-state index contributed by atoms with van der Waals surface area (Å²) in [4.78, 5) is 11.5. The van der Waals surface area contributed by atoms with E-state index in [1.54, 1.807) is 0 Å². The maximum Gasteiger partial charge on any atom is 0.302 e. The standard InChI is InChI=1S/C44H74O13/c1-22(2)11-10-12-23(3)25-13-17-44(9)32(25)26(47)19-30-42(7)16-15-31(41(5,6)29(42)14-18-43(30,44)8)56-40-38(36(51)33(48)27(20-45)54-40)57-39-37(52)35(50)34(49)28(55-39)21-53-24(4)46/h11,23,25-40,45,47-52H,10,12-21H2,1-9H3/t23-,25-,26-,27-,28-,29+,30?,31+,32+,33-,34-,35+,36+,37-,38-,39+,40+,42+,43-,44-/m1/s1. The van der Waals surface area contributed by atoms with E-state index in [4.69, 9.17) is 23.7 Å². The molecular formula is C44H74O13. The van der Waals surface area contributed by atoms with Gasteiger partial charge in [-0.05, 0) is 123 Å². The molecule has 0 amide bonds. The van der Waals surface area contributed by atoms with Gasteiger partial charge in [0.05, 0.1) is 18.8 Å². The highest BCUT2D eigenvalue weighted by molar-refractivity contribution is 5.65. The SMILES string of the molecule is CC(=O)OC[C@H]1O[C@@H](O[C@H]2[C@H](O[C@H]3CC[C@]4(C)C5C[C@@H](O)[C@@H]6[C@@H]([C@H](C)CCC=C(C)C)CC[C@@]6(C)[C@]5(C)CC[C@H]4C3(C)C)O[C@H](CO)[C@@H](O)[C@@H]2O)[C@H](O)[C@@H](O)[C@@H]1O. The predicted octanol–water partition coefficient (Wildman–Crippen LogP) is 3.60. The second-order valence-corrected chi connectivity index (χ2v) is 20.5. The topological polar surface area (TPSA) is 205 Å². The van der Waals surface area contributed by atoms with Crippen molar-refractivity contribution in [2.75, 3.05) is 13.2 Å². The monoisotopic (exact) mass is 811 g/mol. The molecule has 57 heavy (non-hydrogen) atoms. The third kappa shape index (κ3) is 7.92. The fraction of sp³-hybridized carbons (Fsp3) is 0.932. The Morgan fingerprint density at radius 1 is 0.772 bits per heavy atom. The lowest BCUT2D eigenvalue weighted by molar-refractivity contribution is -0.378. The molecule has 328 valence electrons. The molecule has 0 aromatic heterocycles. The van der Waals surface area contributed by atoms with Crippen LogP contribution in [0, 0.1) is 51.2 Å². The first-order valence-corrected chi connectivity index (χ1v) is 21.7. The zero-order chi connectivity index (χ0) is 42.0. The summed E-state index contributed by atoms with van der Waals surface area (Å²) < 4.78 is 29.7. The highest BCUT2D eigenvalue weighted by Crippen LogP contribution is 2.75. The third-order valence-corrected chi connectivity index (χ3v) is 16.8. The molecule has 1 unspecified atom stereocenters. The van der Waals surface area contributed by atoms with E-state index in [-0.39, 0.29) is 34.2 Å². The van der Waals surface area contributed by atoms with E-state index < -0.39 is 92.1 Å². The van der Waals surface area contributed by atoms with Gasteiger partial charge in [-0.1, -0.05) is 53.2 Å². The van der Waals surface area contributed by atoms with Crippen molar-refractivity contribution in [2.45, 2.75) is 194 Å². The van der Waals surface area contributed by atoms with Crippen molar-refractivity contribution in [1.82, 2.24) is 0 Å². The van der Waals surface area contributed by atoms with Crippen LogP contribution in [0.3, 0.4) is 0 Å². The van der Waals surface area contributed by atoms with Gasteiger partial charge in [0.2, 0.25) is 0 Å². The van der Waals surface area contributed by atoms with Gasteiger partial charge < -0.3 is 59.4 Å². The largest absolute Gasteiger partial charge is 0.463 e. The van der Waals surface area contributed by atoms with Gasteiger partial charge in [-0.15, -0.1) is 0 Å². The van der Waals surface area contributed by atoms with Crippen LogP contribution in [0.5, 0.6) is 0 Å². The molecule has 4 aliphatic carbocycles. The number of hydrogen-bond acceptors (Lipinski definition) is 13. The van der Waals surface area contributed by atoms with Crippen LogP contribution in [0.25, 0.3) is 0 Å². The summed E-state index contributed by atoms with van der Waals surface area (Å²) in [6.45, 7) is 18.7. The molecule has 0 aromatic rings. The van der Waals surface area contributed by atoms with Crippen LogP contribution >= 0.6 is 0 Å². The first-order chi connectivity index (χ1) is 26.6. The molecule has 6 rings (SSSR count). The summed E-state index contributed by atoms with van der Waals surface area (Å²) >= 11 is 0. The minimum absolute atomic E-state index is 0.0274. The van der Waals surface area contributed by atoms with Crippen LogP contribution in [0.1, 0.15) is 120 Å². The fourth-order valence-electron chi connectivity index (χ4n) is 13.5. The molecule has 0 spiro atoms. The van der Waals surface area contributed by atoms with Crippen molar-refractivity contribution in [3.05, 3.63) is 11.6 Å². The summed E-state index contributed by atoms with van der Waals surface area (Å²) in [5.74, 6) is 1.24. The molecule has 2 saturated heterocycles. The van der Waals surface area contributed by atoms with Crippen LogP contribution in [-0.4, -0.2) is 129 Å². The molecule has 20 atom stereocenters. The van der Waals surface area contributed by atoms with Crippen molar-refractivity contribution in [3.8, 4) is 0 Å². The van der Waals surface area contributed by atoms with Crippen LogP contribution in [0.2, 0.25) is 0 Å². The van der Waals surface area contributed by atoms with Crippen molar-refractivity contribution in [3.63, 3.8) is 0 Å². The van der Waals surface area contributed by atoms with Crippen molar-refractivity contribution in [2.24, 2.45) is 51.2 Å². The number of rotatable bonds is 11. The average molecular weight is 811 g/mol. The van der Waals surface area contributed by atoms with Gasteiger partial charge in [0.1, 0.15) is 55.4 Å². The summed E-state index contributed by atoms with van der Waals surface area (Å²) in [7, 11) is 0. The summed E-state index contributed by atoms with van der Waals surface area (Å²) in [6, 6.07) is 0. The molecule has 6 fully saturated rings. The molecule has 0 bridgehead atoms. The van der Waals surface area contributed by atoms with Gasteiger partial charge >= 0.3 is 5.97 Å². The van der Waals surface area contributed by atoms with Gasteiger partial charge in [-0.25, -0.2) is 0 Å². The summed E-state index contributed by atoms with van der Waals surface area (Å²) in [5, 5.41) is 76.7. The highest BCUT2D eigenvalue weighted by Gasteiger charge is 2.71. The summed E-state index contributed by atoms with van der Waals surface area (Å²) in [6.07, 6.45) is -4.76. The van der Waals surface area contributed by atoms with E-state index in [1.807, 2.05) is 0 Å². The Morgan fingerprint density at radius 2 is 1.42 bits per heavy atom. The van der Waals surface area contributed by atoms with E-state index in [0.29, 0.717) is 24.2 Å². The van der Waals surface area contributed by atoms with E-state index in [0.717, 1.165) is 51.4 Å². The number of allylic oxidation sites excluding steroid dienone is 2. The molecule has 2 heterocycles. The first kappa shape index (κ1) is 45.3. The number of ether oxygens (including phenoxy) is 5. The molecule has 7 N–H and O–H groups in total. The van der Waals surface area contributed by atoms with Gasteiger partial charge in [0.25, 0.3) is 0 Å². The lowest BCUT2D eigenvalue weighted by Crippen LogP contribution is -2.67. The Hall–Kier alpha value is -1.23. The number of aliphatic hydroxyl groups excluding tert-OH is 7. The second kappa shape index (κ2) is 16.9. The second-order valence-electron chi connectivity index (χ2n) is 20.5. The van der Waals surface area contributed by atoms with Crippen LogP contribution in [0.4, 0.5) is 0 Å².